The summed E-state index contributed by atoms with van der Waals surface area (Å²) in [5, 5.41) is 5.47. The first-order chi connectivity index (χ1) is 14.9. The molecule has 1 aliphatic heterocycles. The number of amides is 2. The molecule has 1 aliphatic rings. The molecular weight excluding hydrogens is 414 g/mol. The highest BCUT2D eigenvalue weighted by Crippen LogP contribution is 2.24. The maximum Gasteiger partial charge on any atom is 0.243 e. The third-order valence-electron chi connectivity index (χ3n) is 5.49. The Kier molecular flexibility index (Phi) is 7.81. The lowest BCUT2D eigenvalue weighted by molar-refractivity contribution is -0.129. The normalized spacial score (nSPS) is 15.4. The van der Waals surface area contributed by atoms with Crippen molar-refractivity contribution in [1.29, 1.82) is 0 Å². The zero-order valence-electron chi connectivity index (χ0n) is 17.7. The van der Waals surface area contributed by atoms with E-state index < -0.39 is 10.0 Å². The highest BCUT2D eigenvalue weighted by atomic mass is 32.2. The molecule has 1 fully saturated rings. The van der Waals surface area contributed by atoms with Crippen molar-refractivity contribution in [3.8, 4) is 0 Å². The van der Waals surface area contributed by atoms with E-state index in [1.807, 2.05) is 37.3 Å². The second kappa shape index (κ2) is 10.5. The van der Waals surface area contributed by atoms with Crippen molar-refractivity contribution in [3.05, 3.63) is 65.7 Å². The number of hydrogen-bond donors (Lipinski definition) is 2. The number of hydrogen-bond acceptors (Lipinski definition) is 4. The van der Waals surface area contributed by atoms with Crippen molar-refractivity contribution in [1.82, 2.24) is 14.9 Å². The van der Waals surface area contributed by atoms with Gasteiger partial charge in [0.05, 0.1) is 11.4 Å². The highest BCUT2D eigenvalue weighted by molar-refractivity contribution is 7.89. The molecule has 7 nitrogen and oxygen atoms in total. The second-order valence-corrected chi connectivity index (χ2v) is 9.73. The lowest BCUT2D eigenvalue weighted by atomic mass is 9.97. The number of nitrogens with zero attached hydrogens (tertiary/aromatic N) is 1. The van der Waals surface area contributed by atoms with Crippen molar-refractivity contribution in [2.24, 2.45) is 5.92 Å². The highest BCUT2D eigenvalue weighted by Gasteiger charge is 2.32. The number of piperidine rings is 1. The summed E-state index contributed by atoms with van der Waals surface area (Å²) in [5.41, 5.74) is 2.14. The van der Waals surface area contributed by atoms with Crippen LogP contribution in [-0.2, 0) is 26.0 Å². The molecule has 2 aromatic carbocycles. The summed E-state index contributed by atoms with van der Waals surface area (Å²) in [6, 6.07) is 16.6. The van der Waals surface area contributed by atoms with Crippen molar-refractivity contribution < 1.29 is 18.0 Å². The number of carbonyl (C=O) groups is 2. The minimum absolute atomic E-state index is 0.0739. The van der Waals surface area contributed by atoms with Gasteiger partial charge < -0.3 is 10.6 Å². The maximum absolute atomic E-state index is 12.8. The van der Waals surface area contributed by atoms with Gasteiger partial charge in [0, 0.05) is 25.6 Å². The van der Waals surface area contributed by atoms with Crippen LogP contribution in [0.1, 0.15) is 24.0 Å². The number of rotatable bonds is 8. The molecule has 8 heteroatoms. The van der Waals surface area contributed by atoms with Crippen LogP contribution in [0.5, 0.6) is 0 Å². The quantitative estimate of drug-likeness (QED) is 0.651. The van der Waals surface area contributed by atoms with Gasteiger partial charge in [-0.1, -0.05) is 48.0 Å². The molecule has 0 aliphatic carbocycles. The molecule has 3 rings (SSSR count). The van der Waals surface area contributed by atoms with Crippen molar-refractivity contribution in [2.45, 2.75) is 31.1 Å². The molecule has 0 bridgehead atoms. The zero-order chi connectivity index (χ0) is 22.3. The fourth-order valence-corrected chi connectivity index (χ4v) is 5.05. The topological polar surface area (TPSA) is 95.6 Å². The maximum atomic E-state index is 12.8. The van der Waals surface area contributed by atoms with Crippen LogP contribution >= 0.6 is 0 Å². The lowest BCUT2D eigenvalue weighted by Gasteiger charge is -2.30. The van der Waals surface area contributed by atoms with Crippen LogP contribution in [0, 0.1) is 12.8 Å². The summed E-state index contributed by atoms with van der Waals surface area (Å²) in [5.74, 6) is -0.726. The Morgan fingerprint density at radius 3 is 2.26 bits per heavy atom. The molecule has 0 aromatic heterocycles. The molecule has 2 N–H and O–H groups in total. The molecule has 0 unspecified atom stereocenters. The molecule has 1 heterocycles. The Hall–Kier alpha value is -2.71. The van der Waals surface area contributed by atoms with Crippen molar-refractivity contribution >= 4 is 21.8 Å². The zero-order valence-corrected chi connectivity index (χ0v) is 18.5. The summed E-state index contributed by atoms with van der Waals surface area (Å²) in [4.78, 5) is 24.6. The number of nitrogens with one attached hydrogen (secondary N) is 2. The van der Waals surface area contributed by atoms with Crippen LogP contribution in [0.15, 0.2) is 59.5 Å². The molecule has 2 amide bonds. The lowest BCUT2D eigenvalue weighted by Crippen LogP contribution is -2.45. The van der Waals surface area contributed by atoms with Gasteiger partial charge in [-0.15, -0.1) is 0 Å². The molecule has 166 valence electrons. The van der Waals surface area contributed by atoms with E-state index in [1.165, 1.54) is 4.31 Å². The Morgan fingerprint density at radius 2 is 1.61 bits per heavy atom. The minimum atomic E-state index is -3.55. The molecule has 31 heavy (non-hydrogen) atoms. The van der Waals surface area contributed by atoms with E-state index in [9.17, 15) is 18.0 Å². The molecule has 1 saturated heterocycles. The fourth-order valence-electron chi connectivity index (χ4n) is 3.58. The Balaban J connectivity index is 1.39. The van der Waals surface area contributed by atoms with Crippen LogP contribution in [0.25, 0.3) is 0 Å². The van der Waals surface area contributed by atoms with Crippen molar-refractivity contribution in [2.75, 3.05) is 26.2 Å². The molecule has 0 atom stereocenters. The van der Waals surface area contributed by atoms with E-state index in [0.29, 0.717) is 19.4 Å². The van der Waals surface area contributed by atoms with Gasteiger partial charge in [-0.2, -0.15) is 4.31 Å². The van der Waals surface area contributed by atoms with Gasteiger partial charge in [0.1, 0.15) is 0 Å². The molecular formula is C23H29N3O4S. The van der Waals surface area contributed by atoms with Crippen molar-refractivity contribution in [3.63, 3.8) is 0 Å². The smallest absolute Gasteiger partial charge is 0.243 e. The monoisotopic (exact) mass is 443 g/mol. The third-order valence-corrected chi connectivity index (χ3v) is 7.40. The van der Waals surface area contributed by atoms with Crippen LogP contribution in [0.2, 0.25) is 0 Å². The van der Waals surface area contributed by atoms with Crippen LogP contribution in [-0.4, -0.2) is 50.7 Å². The fraction of sp³-hybridized carbons (Fsp3) is 0.391. The van der Waals surface area contributed by atoms with Crippen LogP contribution < -0.4 is 10.6 Å². The Bertz CT molecular complexity index is 983. The second-order valence-electron chi connectivity index (χ2n) is 7.79. The molecule has 0 radical (unpaired) electrons. The SMILES string of the molecule is Cc1ccc(S(=O)(=O)N2CCC(C(=O)NCC(=O)NCCc3ccccc3)CC2)cc1. The van der Waals surface area contributed by atoms with Crippen LogP contribution in [0.3, 0.4) is 0 Å². The van der Waals surface area contributed by atoms with E-state index in [1.54, 1.807) is 24.3 Å². The third kappa shape index (κ3) is 6.38. The van der Waals surface area contributed by atoms with Gasteiger partial charge in [0.15, 0.2) is 0 Å². The average Bonchev–Trinajstić information content (AvgIpc) is 2.78. The Labute approximate surface area is 183 Å². The van der Waals surface area contributed by atoms with Gasteiger partial charge in [0.25, 0.3) is 0 Å². The molecule has 0 saturated carbocycles. The first-order valence-corrected chi connectivity index (χ1v) is 12.0. The number of aryl methyl sites for hydroxylation is 1. The predicted octanol–water partition coefficient (Wildman–Crippen LogP) is 1.87. The molecule has 2 aromatic rings. The minimum Gasteiger partial charge on any atom is -0.354 e. The standard InChI is InChI=1S/C23H29N3O4S/c1-18-7-9-21(10-8-18)31(29,30)26-15-12-20(13-16-26)23(28)25-17-22(27)24-14-11-19-5-3-2-4-6-19/h2-10,20H,11-17H2,1H3,(H,24,27)(H,25,28). The van der Waals surface area contributed by atoms with E-state index in [-0.39, 0.29) is 42.3 Å². The summed E-state index contributed by atoms with van der Waals surface area (Å²) in [6.45, 7) is 2.92. The Morgan fingerprint density at radius 1 is 0.968 bits per heavy atom. The largest absolute Gasteiger partial charge is 0.354 e. The van der Waals surface area contributed by atoms with Gasteiger partial charge in [-0.25, -0.2) is 8.42 Å². The molecule has 0 spiro atoms. The first kappa shape index (κ1) is 23.0. The summed E-state index contributed by atoms with van der Waals surface area (Å²) in [7, 11) is -3.55. The number of benzene rings is 2. The van der Waals surface area contributed by atoms with E-state index in [4.69, 9.17) is 0 Å². The van der Waals surface area contributed by atoms with E-state index in [2.05, 4.69) is 10.6 Å². The predicted molar refractivity (Wildman–Crippen MR) is 119 cm³/mol. The summed E-state index contributed by atoms with van der Waals surface area (Å²) >= 11 is 0. The first-order valence-electron chi connectivity index (χ1n) is 10.5. The van der Waals surface area contributed by atoms with Gasteiger partial charge in [0.2, 0.25) is 21.8 Å². The van der Waals surface area contributed by atoms with E-state index >= 15 is 0 Å². The number of sulfonamides is 1. The summed E-state index contributed by atoms with van der Waals surface area (Å²) < 4.78 is 27.0. The van der Waals surface area contributed by atoms with Crippen LogP contribution in [0.4, 0.5) is 0 Å². The van der Waals surface area contributed by atoms with Gasteiger partial charge >= 0.3 is 0 Å². The van der Waals surface area contributed by atoms with E-state index in [0.717, 1.165) is 17.5 Å². The van der Waals surface area contributed by atoms with Gasteiger partial charge in [-0.3, -0.25) is 9.59 Å². The van der Waals surface area contributed by atoms with Gasteiger partial charge in [-0.05, 0) is 43.9 Å². The number of carbonyl (C=O) groups excluding carboxylic acids is 2. The summed E-state index contributed by atoms with van der Waals surface area (Å²) in [6.07, 6.45) is 1.60. The average molecular weight is 444 g/mol.